The Morgan fingerprint density at radius 1 is 1.05 bits per heavy atom. The number of imide groups is 1. The summed E-state index contributed by atoms with van der Waals surface area (Å²) in [5, 5.41) is 9.10. The van der Waals surface area contributed by atoms with Crippen molar-refractivity contribution in [3.8, 4) is 0 Å². The van der Waals surface area contributed by atoms with Gasteiger partial charge in [-0.2, -0.15) is 0 Å². The summed E-state index contributed by atoms with van der Waals surface area (Å²) in [5.41, 5.74) is -0.315. The third-order valence-electron chi connectivity index (χ3n) is 5.39. The van der Waals surface area contributed by atoms with Crippen LogP contribution in [-0.2, 0) is 9.59 Å². The number of carbonyl (C=O) groups is 2. The van der Waals surface area contributed by atoms with E-state index in [9.17, 15) is 9.59 Å². The van der Waals surface area contributed by atoms with Gasteiger partial charge < -0.3 is 5.11 Å². The summed E-state index contributed by atoms with van der Waals surface area (Å²) in [6.45, 7) is 0.703. The fourth-order valence-corrected chi connectivity index (χ4v) is 3.88. The summed E-state index contributed by atoms with van der Waals surface area (Å²) in [5.74, 6) is 0.109. The molecule has 0 unspecified atom stereocenters. The van der Waals surface area contributed by atoms with Gasteiger partial charge in [0.2, 0.25) is 11.8 Å². The van der Waals surface area contributed by atoms with Gasteiger partial charge in [0.15, 0.2) is 0 Å². The first kappa shape index (κ1) is 13.1. The second-order valence-electron chi connectivity index (χ2n) is 6.78. The molecule has 4 nitrogen and oxygen atoms in total. The molecule has 4 heteroatoms. The van der Waals surface area contributed by atoms with Gasteiger partial charge in [-0.05, 0) is 37.5 Å². The van der Waals surface area contributed by atoms with Gasteiger partial charge in [0, 0.05) is 19.6 Å². The molecule has 2 amide bonds. The van der Waals surface area contributed by atoms with Crippen molar-refractivity contribution in [3.05, 3.63) is 0 Å². The average molecular weight is 265 g/mol. The van der Waals surface area contributed by atoms with Crippen molar-refractivity contribution in [1.82, 2.24) is 4.90 Å². The number of rotatable bonds is 4. The van der Waals surface area contributed by atoms with Crippen LogP contribution in [0.3, 0.4) is 0 Å². The zero-order valence-corrected chi connectivity index (χ0v) is 11.5. The molecule has 3 aliphatic rings. The van der Waals surface area contributed by atoms with E-state index in [-0.39, 0.29) is 29.3 Å². The summed E-state index contributed by atoms with van der Waals surface area (Å²) in [4.78, 5) is 26.4. The van der Waals surface area contributed by atoms with Crippen molar-refractivity contribution in [2.24, 2.45) is 10.8 Å². The second-order valence-corrected chi connectivity index (χ2v) is 6.78. The summed E-state index contributed by atoms with van der Waals surface area (Å²) < 4.78 is 0. The van der Waals surface area contributed by atoms with Crippen molar-refractivity contribution in [2.75, 3.05) is 13.2 Å². The predicted molar refractivity (Wildman–Crippen MR) is 70.2 cm³/mol. The number of amides is 2. The minimum atomic E-state index is -0.357. The third kappa shape index (κ3) is 2.20. The highest BCUT2D eigenvalue weighted by molar-refractivity contribution is 6.06. The van der Waals surface area contributed by atoms with E-state index in [0.717, 1.165) is 44.9 Å². The molecule has 1 saturated heterocycles. The molecule has 0 aromatic carbocycles. The highest BCUT2D eigenvalue weighted by Gasteiger charge is 2.54. The lowest BCUT2D eigenvalue weighted by atomic mass is 9.73. The molecule has 0 bridgehead atoms. The quantitative estimate of drug-likeness (QED) is 0.789. The second kappa shape index (κ2) is 4.58. The molecule has 1 N–H and O–H groups in total. The molecule has 2 aliphatic carbocycles. The van der Waals surface area contributed by atoms with E-state index >= 15 is 0 Å². The Hall–Kier alpha value is -0.900. The van der Waals surface area contributed by atoms with Crippen LogP contribution < -0.4 is 0 Å². The average Bonchev–Trinajstić information content (AvgIpc) is 3.12. The Balaban J connectivity index is 1.72. The minimum Gasteiger partial charge on any atom is -0.396 e. The minimum absolute atomic E-state index is 0.0242. The number of hydrogen-bond acceptors (Lipinski definition) is 3. The largest absolute Gasteiger partial charge is 0.396 e. The van der Waals surface area contributed by atoms with Crippen LogP contribution in [0.2, 0.25) is 0 Å². The Bertz CT molecular complexity index is 394. The number of nitrogens with zero attached hydrogens (tertiary/aromatic N) is 1. The molecular weight excluding hydrogens is 242 g/mol. The van der Waals surface area contributed by atoms with Crippen molar-refractivity contribution in [1.29, 1.82) is 0 Å². The zero-order valence-electron chi connectivity index (χ0n) is 11.5. The van der Waals surface area contributed by atoms with Crippen LogP contribution in [0.4, 0.5) is 0 Å². The lowest BCUT2D eigenvalue weighted by Crippen LogP contribution is -2.40. The van der Waals surface area contributed by atoms with Gasteiger partial charge in [-0.25, -0.2) is 0 Å². The number of hydrogen-bond donors (Lipinski definition) is 1. The molecule has 106 valence electrons. The van der Waals surface area contributed by atoms with Crippen molar-refractivity contribution in [3.63, 3.8) is 0 Å². The van der Waals surface area contributed by atoms with Gasteiger partial charge in [-0.1, -0.05) is 19.3 Å². The van der Waals surface area contributed by atoms with E-state index in [0.29, 0.717) is 13.0 Å². The molecule has 19 heavy (non-hydrogen) atoms. The summed E-state index contributed by atoms with van der Waals surface area (Å²) in [6.07, 6.45) is 8.36. The van der Waals surface area contributed by atoms with Crippen LogP contribution in [0, 0.1) is 10.8 Å². The molecule has 2 saturated carbocycles. The Morgan fingerprint density at radius 3 is 2.32 bits per heavy atom. The van der Waals surface area contributed by atoms with Crippen molar-refractivity contribution >= 4 is 11.8 Å². The van der Waals surface area contributed by atoms with E-state index < -0.39 is 0 Å². The Labute approximate surface area is 114 Å². The van der Waals surface area contributed by atoms with E-state index in [1.54, 1.807) is 0 Å². The summed E-state index contributed by atoms with van der Waals surface area (Å²) in [6, 6.07) is 0. The molecule has 1 spiro atoms. The highest BCUT2D eigenvalue weighted by Crippen LogP contribution is 2.52. The Kier molecular flexibility index (Phi) is 3.16. The topological polar surface area (TPSA) is 57.6 Å². The number of likely N-dealkylation sites (tertiary alicyclic amines) is 1. The normalized spacial score (nSPS) is 28.2. The first-order valence-electron chi connectivity index (χ1n) is 7.57. The van der Waals surface area contributed by atoms with Crippen LogP contribution in [0.15, 0.2) is 0 Å². The maximum atomic E-state index is 12.6. The van der Waals surface area contributed by atoms with Crippen LogP contribution in [0.25, 0.3) is 0 Å². The van der Waals surface area contributed by atoms with Gasteiger partial charge in [0.25, 0.3) is 0 Å². The van der Waals surface area contributed by atoms with Gasteiger partial charge in [0.1, 0.15) is 0 Å². The van der Waals surface area contributed by atoms with Crippen molar-refractivity contribution in [2.45, 2.75) is 57.8 Å². The van der Waals surface area contributed by atoms with Crippen LogP contribution in [0.5, 0.6) is 0 Å². The first-order chi connectivity index (χ1) is 9.11. The van der Waals surface area contributed by atoms with Gasteiger partial charge in [0.05, 0.1) is 5.41 Å². The van der Waals surface area contributed by atoms with Crippen LogP contribution in [-0.4, -0.2) is 35.0 Å². The SMILES string of the molecule is O=C1CC2(CCCCC2)C(=O)N1CC1(CCO)CC1. The maximum absolute atomic E-state index is 12.6. The fourth-order valence-electron chi connectivity index (χ4n) is 3.88. The lowest BCUT2D eigenvalue weighted by Gasteiger charge is -2.31. The van der Waals surface area contributed by atoms with E-state index in [1.165, 1.54) is 11.3 Å². The fraction of sp³-hybridized carbons (Fsp3) is 0.867. The maximum Gasteiger partial charge on any atom is 0.235 e. The highest BCUT2D eigenvalue weighted by atomic mass is 16.3. The van der Waals surface area contributed by atoms with Crippen LogP contribution in [0.1, 0.15) is 57.8 Å². The molecule has 0 aromatic rings. The molecule has 1 heterocycles. The molecular formula is C15H23NO3. The zero-order chi connectivity index (χ0) is 13.5. The van der Waals surface area contributed by atoms with Crippen LogP contribution >= 0.6 is 0 Å². The summed E-state index contributed by atoms with van der Waals surface area (Å²) >= 11 is 0. The third-order valence-corrected chi connectivity index (χ3v) is 5.39. The predicted octanol–water partition coefficient (Wildman–Crippen LogP) is 1.86. The molecule has 1 aliphatic heterocycles. The standard InChI is InChI=1S/C15H23NO3/c17-9-8-14(6-7-14)11-16-12(18)10-15(13(16)19)4-2-1-3-5-15/h17H,1-11H2. The lowest BCUT2D eigenvalue weighted by molar-refractivity contribution is -0.143. The monoisotopic (exact) mass is 265 g/mol. The molecule has 0 aromatic heterocycles. The molecule has 3 fully saturated rings. The van der Waals surface area contributed by atoms with E-state index in [2.05, 4.69) is 0 Å². The number of carbonyl (C=O) groups excluding carboxylic acids is 2. The van der Waals surface area contributed by atoms with Gasteiger partial charge in [-0.3, -0.25) is 14.5 Å². The molecule has 0 radical (unpaired) electrons. The van der Waals surface area contributed by atoms with Crippen molar-refractivity contribution < 1.29 is 14.7 Å². The molecule has 3 rings (SSSR count). The summed E-state index contributed by atoms with van der Waals surface area (Å²) in [7, 11) is 0. The first-order valence-corrected chi connectivity index (χ1v) is 7.57. The molecule has 0 atom stereocenters. The van der Waals surface area contributed by atoms with Gasteiger partial charge in [-0.15, -0.1) is 0 Å². The smallest absolute Gasteiger partial charge is 0.235 e. The Morgan fingerprint density at radius 2 is 1.74 bits per heavy atom. The number of aliphatic hydroxyl groups excluding tert-OH is 1. The van der Waals surface area contributed by atoms with E-state index in [1.807, 2.05) is 0 Å². The number of aliphatic hydroxyl groups is 1. The van der Waals surface area contributed by atoms with Gasteiger partial charge >= 0.3 is 0 Å². The van der Waals surface area contributed by atoms with E-state index in [4.69, 9.17) is 5.11 Å².